The smallest absolute Gasteiger partial charge is 0.306 e. The number of carboxylic acids is 1. The van der Waals surface area contributed by atoms with E-state index in [1.807, 2.05) is 19.3 Å². The fraction of sp³-hybridized carbons (Fsp3) is 0.636. The minimum absolute atomic E-state index is 0.175. The zero-order chi connectivity index (χ0) is 10.8. The molecule has 1 aromatic rings. The maximum atomic E-state index is 10.9. The van der Waals surface area contributed by atoms with Crippen molar-refractivity contribution >= 4 is 5.97 Å². The molecule has 4 nitrogen and oxygen atoms in total. The van der Waals surface area contributed by atoms with Crippen LogP contribution in [0.2, 0.25) is 0 Å². The van der Waals surface area contributed by atoms with Gasteiger partial charge in [-0.3, -0.25) is 9.48 Å². The van der Waals surface area contributed by atoms with Gasteiger partial charge in [-0.05, 0) is 25.3 Å². The molecular formula is C11H16N2O2. The van der Waals surface area contributed by atoms with Crippen LogP contribution in [0.15, 0.2) is 12.3 Å². The van der Waals surface area contributed by atoms with Gasteiger partial charge in [-0.25, -0.2) is 0 Å². The van der Waals surface area contributed by atoms with Gasteiger partial charge in [-0.1, -0.05) is 6.42 Å². The summed E-state index contributed by atoms with van der Waals surface area (Å²) in [6, 6.07) is 1.99. The van der Waals surface area contributed by atoms with Crippen molar-refractivity contribution in [1.82, 2.24) is 9.78 Å². The minimum Gasteiger partial charge on any atom is -0.481 e. The van der Waals surface area contributed by atoms with Crippen molar-refractivity contribution in [1.29, 1.82) is 0 Å². The van der Waals surface area contributed by atoms with Crippen LogP contribution in [-0.2, 0) is 11.8 Å². The van der Waals surface area contributed by atoms with Crippen molar-refractivity contribution in [2.24, 2.45) is 13.0 Å². The number of aryl methyl sites for hydroxylation is 1. The average Bonchev–Trinajstić information content (AvgIpc) is 2.65. The van der Waals surface area contributed by atoms with Gasteiger partial charge in [-0.2, -0.15) is 5.10 Å². The topological polar surface area (TPSA) is 55.1 Å². The quantitative estimate of drug-likeness (QED) is 0.806. The average molecular weight is 208 g/mol. The Morgan fingerprint density at radius 1 is 1.60 bits per heavy atom. The number of hydrogen-bond acceptors (Lipinski definition) is 2. The van der Waals surface area contributed by atoms with Crippen LogP contribution in [0.25, 0.3) is 0 Å². The van der Waals surface area contributed by atoms with E-state index in [1.165, 1.54) is 0 Å². The lowest BCUT2D eigenvalue weighted by molar-refractivity contribution is -0.143. The summed E-state index contributed by atoms with van der Waals surface area (Å²) in [6.07, 6.45) is 5.55. The molecule has 0 spiro atoms. The summed E-state index contributed by atoms with van der Waals surface area (Å²) in [5, 5.41) is 13.3. The maximum Gasteiger partial charge on any atom is 0.306 e. The zero-order valence-corrected chi connectivity index (χ0v) is 8.89. The number of aliphatic carboxylic acids is 1. The van der Waals surface area contributed by atoms with Crippen LogP contribution in [0, 0.1) is 5.92 Å². The molecule has 0 radical (unpaired) electrons. The molecule has 0 saturated heterocycles. The van der Waals surface area contributed by atoms with E-state index in [0.29, 0.717) is 5.92 Å². The van der Waals surface area contributed by atoms with E-state index in [0.717, 1.165) is 31.4 Å². The Bertz CT molecular complexity index is 359. The van der Waals surface area contributed by atoms with Gasteiger partial charge in [0.1, 0.15) is 0 Å². The molecule has 1 heterocycles. The Hall–Kier alpha value is -1.32. The second-order valence-electron chi connectivity index (χ2n) is 4.31. The van der Waals surface area contributed by atoms with E-state index in [4.69, 9.17) is 5.11 Å². The molecule has 1 aliphatic rings. The third-order valence-corrected chi connectivity index (χ3v) is 3.18. The van der Waals surface area contributed by atoms with E-state index in [-0.39, 0.29) is 5.92 Å². The highest BCUT2D eigenvalue weighted by atomic mass is 16.4. The molecule has 1 aromatic heterocycles. The Labute approximate surface area is 88.9 Å². The van der Waals surface area contributed by atoms with E-state index >= 15 is 0 Å². The summed E-state index contributed by atoms with van der Waals surface area (Å²) in [5.74, 6) is -0.498. The van der Waals surface area contributed by atoms with Gasteiger partial charge in [0.25, 0.3) is 0 Å². The first-order chi connectivity index (χ1) is 7.16. The van der Waals surface area contributed by atoms with E-state index in [9.17, 15) is 4.79 Å². The first-order valence-electron chi connectivity index (χ1n) is 5.39. The SMILES string of the molecule is Cn1ccc(C2CCCC(C(=O)O)C2)n1. The van der Waals surface area contributed by atoms with Crippen molar-refractivity contribution in [3.63, 3.8) is 0 Å². The van der Waals surface area contributed by atoms with Crippen LogP contribution in [0.3, 0.4) is 0 Å². The molecule has 0 bridgehead atoms. The second kappa shape index (κ2) is 4.04. The molecule has 1 saturated carbocycles. The number of nitrogens with zero attached hydrogens (tertiary/aromatic N) is 2. The predicted molar refractivity (Wildman–Crippen MR) is 55.5 cm³/mol. The molecule has 15 heavy (non-hydrogen) atoms. The van der Waals surface area contributed by atoms with Crippen LogP contribution >= 0.6 is 0 Å². The van der Waals surface area contributed by atoms with Crippen LogP contribution in [-0.4, -0.2) is 20.9 Å². The van der Waals surface area contributed by atoms with Gasteiger partial charge in [0.2, 0.25) is 0 Å². The number of rotatable bonds is 2. The Balaban J connectivity index is 2.07. The number of aromatic nitrogens is 2. The zero-order valence-electron chi connectivity index (χ0n) is 8.89. The van der Waals surface area contributed by atoms with Crippen molar-refractivity contribution < 1.29 is 9.90 Å². The normalized spacial score (nSPS) is 26.5. The molecule has 2 unspecified atom stereocenters. The largest absolute Gasteiger partial charge is 0.481 e. The first kappa shape index (κ1) is 10.2. The second-order valence-corrected chi connectivity index (χ2v) is 4.31. The van der Waals surface area contributed by atoms with Crippen molar-refractivity contribution in [2.45, 2.75) is 31.6 Å². The summed E-state index contributed by atoms with van der Waals surface area (Å²) in [4.78, 5) is 10.9. The Kier molecular flexibility index (Phi) is 2.75. The Morgan fingerprint density at radius 2 is 2.40 bits per heavy atom. The molecular weight excluding hydrogens is 192 g/mol. The van der Waals surface area contributed by atoms with Gasteiger partial charge in [0.05, 0.1) is 11.6 Å². The van der Waals surface area contributed by atoms with Crippen LogP contribution in [0.4, 0.5) is 0 Å². The lowest BCUT2D eigenvalue weighted by Gasteiger charge is -2.25. The highest BCUT2D eigenvalue weighted by molar-refractivity contribution is 5.70. The van der Waals surface area contributed by atoms with Gasteiger partial charge in [0.15, 0.2) is 0 Å². The Morgan fingerprint density at radius 3 is 3.00 bits per heavy atom. The van der Waals surface area contributed by atoms with Crippen molar-refractivity contribution in [3.05, 3.63) is 18.0 Å². The molecule has 0 aliphatic heterocycles. The van der Waals surface area contributed by atoms with E-state index < -0.39 is 5.97 Å². The monoisotopic (exact) mass is 208 g/mol. The summed E-state index contributed by atoms with van der Waals surface area (Å²) in [5.41, 5.74) is 1.04. The fourth-order valence-corrected chi connectivity index (χ4v) is 2.33. The van der Waals surface area contributed by atoms with E-state index in [1.54, 1.807) is 4.68 Å². The molecule has 0 aromatic carbocycles. The lowest BCUT2D eigenvalue weighted by atomic mass is 9.80. The van der Waals surface area contributed by atoms with Crippen LogP contribution in [0.1, 0.15) is 37.3 Å². The first-order valence-corrected chi connectivity index (χ1v) is 5.39. The molecule has 2 atom stereocenters. The van der Waals surface area contributed by atoms with Gasteiger partial charge < -0.3 is 5.11 Å². The van der Waals surface area contributed by atoms with Gasteiger partial charge >= 0.3 is 5.97 Å². The summed E-state index contributed by atoms with van der Waals surface area (Å²) in [6.45, 7) is 0. The third-order valence-electron chi connectivity index (χ3n) is 3.18. The standard InChI is InChI=1S/C11H16N2O2/c1-13-6-5-10(12-13)8-3-2-4-9(7-8)11(14)15/h5-6,8-9H,2-4,7H2,1H3,(H,14,15). The molecule has 1 aliphatic carbocycles. The number of hydrogen-bond donors (Lipinski definition) is 1. The highest BCUT2D eigenvalue weighted by Gasteiger charge is 2.28. The molecule has 82 valence electrons. The molecule has 1 fully saturated rings. The van der Waals surface area contributed by atoms with Gasteiger partial charge in [0, 0.05) is 19.2 Å². The lowest BCUT2D eigenvalue weighted by Crippen LogP contribution is -2.21. The fourth-order valence-electron chi connectivity index (χ4n) is 2.33. The van der Waals surface area contributed by atoms with Crippen molar-refractivity contribution in [2.75, 3.05) is 0 Å². The summed E-state index contributed by atoms with van der Waals surface area (Å²) >= 11 is 0. The van der Waals surface area contributed by atoms with Crippen molar-refractivity contribution in [3.8, 4) is 0 Å². The molecule has 0 amide bonds. The third kappa shape index (κ3) is 2.19. The van der Waals surface area contributed by atoms with Gasteiger partial charge in [-0.15, -0.1) is 0 Å². The minimum atomic E-state index is -0.657. The number of carbonyl (C=O) groups is 1. The summed E-state index contributed by atoms with van der Waals surface area (Å²) in [7, 11) is 1.89. The number of carboxylic acid groups (broad SMARTS) is 1. The highest BCUT2D eigenvalue weighted by Crippen LogP contribution is 2.35. The summed E-state index contributed by atoms with van der Waals surface area (Å²) < 4.78 is 1.78. The molecule has 4 heteroatoms. The maximum absolute atomic E-state index is 10.9. The molecule has 2 rings (SSSR count). The molecule has 1 N–H and O–H groups in total. The van der Waals surface area contributed by atoms with Crippen LogP contribution < -0.4 is 0 Å². The van der Waals surface area contributed by atoms with Crippen LogP contribution in [0.5, 0.6) is 0 Å². The van der Waals surface area contributed by atoms with E-state index in [2.05, 4.69) is 5.10 Å². The predicted octanol–water partition coefficient (Wildman–Crippen LogP) is 1.78.